The number of hydrogen-bond donors (Lipinski definition) is 5. The number of aliphatic hydroxyl groups is 4. The molecule has 0 heterocycles. The van der Waals surface area contributed by atoms with Crippen molar-refractivity contribution in [1.29, 1.82) is 0 Å². The van der Waals surface area contributed by atoms with Crippen LogP contribution in [-0.4, -0.2) is 57.3 Å². The van der Waals surface area contributed by atoms with Crippen molar-refractivity contribution in [3.63, 3.8) is 0 Å². The fourth-order valence-electron chi connectivity index (χ4n) is 7.41. The second kappa shape index (κ2) is 40.5. The summed E-state index contributed by atoms with van der Waals surface area (Å²) in [5.41, 5.74) is 0. The van der Waals surface area contributed by atoms with Gasteiger partial charge in [-0.2, -0.15) is 0 Å². The molecule has 0 aromatic heterocycles. The van der Waals surface area contributed by atoms with Gasteiger partial charge in [-0.05, 0) is 12.8 Å². The Balaban J connectivity index is 3.63. The first kappa shape index (κ1) is 50.3. The summed E-state index contributed by atoms with van der Waals surface area (Å²) in [5.74, 6) is -0.579. The van der Waals surface area contributed by atoms with Crippen molar-refractivity contribution in [2.75, 3.05) is 6.61 Å². The fraction of sp³-hybridized carbons (Fsp3) is 0.978. The van der Waals surface area contributed by atoms with E-state index >= 15 is 0 Å². The van der Waals surface area contributed by atoms with Gasteiger partial charge in [0.1, 0.15) is 12.2 Å². The Labute approximate surface area is 318 Å². The van der Waals surface area contributed by atoms with Gasteiger partial charge in [0.25, 0.3) is 0 Å². The summed E-state index contributed by atoms with van der Waals surface area (Å²) in [7, 11) is 0. The van der Waals surface area contributed by atoms with Crippen LogP contribution in [0.3, 0.4) is 0 Å². The minimum Gasteiger partial charge on any atom is -0.394 e. The third kappa shape index (κ3) is 34.8. The smallest absolute Gasteiger partial charge is 0.249 e. The molecule has 0 aliphatic rings. The van der Waals surface area contributed by atoms with E-state index in [0.29, 0.717) is 12.8 Å². The van der Waals surface area contributed by atoms with Crippen LogP contribution in [0.4, 0.5) is 0 Å². The lowest BCUT2D eigenvalue weighted by Crippen LogP contribution is -2.53. The maximum atomic E-state index is 12.5. The first-order valence-corrected chi connectivity index (χ1v) is 22.9. The standard InChI is InChI=1S/C45H91NO5/c1-3-5-7-9-11-13-15-17-18-19-20-21-22-23-24-25-26-27-29-31-33-35-37-39-43(49)45(51)46-41(40-47)44(50)42(48)38-36-34-32-30-28-16-14-12-10-8-6-4-2/h41-44,47-50H,3-40H2,1-2H3,(H,46,51). The molecular formula is C45H91NO5. The van der Waals surface area contributed by atoms with Gasteiger partial charge in [0.15, 0.2) is 0 Å². The maximum Gasteiger partial charge on any atom is 0.249 e. The summed E-state index contributed by atoms with van der Waals surface area (Å²) < 4.78 is 0. The second-order valence-corrected chi connectivity index (χ2v) is 16.1. The van der Waals surface area contributed by atoms with Crippen LogP contribution >= 0.6 is 0 Å². The molecule has 1 amide bonds. The molecular weight excluding hydrogens is 634 g/mol. The van der Waals surface area contributed by atoms with Crippen molar-refractivity contribution in [3.8, 4) is 0 Å². The predicted molar refractivity (Wildman–Crippen MR) is 219 cm³/mol. The second-order valence-electron chi connectivity index (χ2n) is 16.1. The van der Waals surface area contributed by atoms with Gasteiger partial charge < -0.3 is 25.7 Å². The van der Waals surface area contributed by atoms with Crippen molar-refractivity contribution < 1.29 is 25.2 Å². The van der Waals surface area contributed by atoms with Crippen LogP contribution in [0, 0.1) is 0 Å². The molecule has 0 saturated carbocycles. The molecule has 5 N–H and O–H groups in total. The topological polar surface area (TPSA) is 110 Å². The molecule has 4 unspecified atom stereocenters. The number of rotatable bonds is 42. The van der Waals surface area contributed by atoms with Crippen molar-refractivity contribution in [1.82, 2.24) is 5.32 Å². The number of nitrogens with one attached hydrogen (secondary N) is 1. The van der Waals surface area contributed by atoms with Crippen LogP contribution < -0.4 is 5.32 Å². The Hall–Kier alpha value is -0.690. The van der Waals surface area contributed by atoms with E-state index in [9.17, 15) is 25.2 Å². The van der Waals surface area contributed by atoms with Gasteiger partial charge >= 0.3 is 0 Å². The van der Waals surface area contributed by atoms with E-state index in [-0.39, 0.29) is 0 Å². The molecule has 0 fully saturated rings. The monoisotopic (exact) mass is 726 g/mol. The van der Waals surface area contributed by atoms with Gasteiger partial charge in [-0.15, -0.1) is 0 Å². The number of amides is 1. The molecule has 0 aliphatic heterocycles. The molecule has 0 radical (unpaired) electrons. The number of hydrogen-bond acceptors (Lipinski definition) is 5. The third-order valence-corrected chi connectivity index (χ3v) is 11.1. The minimum atomic E-state index is -1.25. The van der Waals surface area contributed by atoms with Gasteiger partial charge in [0.2, 0.25) is 5.91 Å². The van der Waals surface area contributed by atoms with Crippen LogP contribution in [0.2, 0.25) is 0 Å². The highest BCUT2D eigenvalue weighted by Gasteiger charge is 2.28. The number of carbonyl (C=O) groups excluding carboxylic acids is 1. The predicted octanol–water partition coefficient (Wildman–Crippen LogP) is 12.0. The quantitative estimate of drug-likeness (QED) is 0.0402. The van der Waals surface area contributed by atoms with Gasteiger partial charge in [-0.1, -0.05) is 239 Å². The molecule has 0 rings (SSSR count). The average molecular weight is 726 g/mol. The normalized spacial score (nSPS) is 14.1. The lowest BCUT2D eigenvalue weighted by atomic mass is 9.99. The molecule has 0 aliphatic carbocycles. The van der Waals surface area contributed by atoms with Crippen molar-refractivity contribution in [2.45, 2.75) is 276 Å². The summed E-state index contributed by atoms with van der Waals surface area (Å²) in [6.07, 6.45) is 42.8. The first-order valence-electron chi connectivity index (χ1n) is 22.9. The molecule has 6 heteroatoms. The SMILES string of the molecule is CCCCCCCCCCCCCCCCCCCCCCCCCC(O)C(=O)NC(CO)C(O)C(O)CCCCCCCCCCCCCC. The Morgan fingerprint density at radius 2 is 0.667 bits per heavy atom. The molecule has 4 atom stereocenters. The van der Waals surface area contributed by atoms with E-state index in [1.54, 1.807) is 0 Å². The van der Waals surface area contributed by atoms with Crippen molar-refractivity contribution >= 4 is 5.91 Å². The zero-order valence-electron chi connectivity index (χ0n) is 34.4. The highest BCUT2D eigenvalue weighted by Crippen LogP contribution is 2.17. The number of aliphatic hydroxyl groups excluding tert-OH is 4. The molecule has 0 bridgehead atoms. The van der Waals surface area contributed by atoms with E-state index in [0.717, 1.165) is 38.5 Å². The maximum absolute atomic E-state index is 12.5. The van der Waals surface area contributed by atoms with Crippen LogP contribution in [0.15, 0.2) is 0 Å². The highest BCUT2D eigenvalue weighted by molar-refractivity contribution is 5.80. The van der Waals surface area contributed by atoms with Gasteiger partial charge in [-0.3, -0.25) is 4.79 Å². The van der Waals surface area contributed by atoms with Crippen molar-refractivity contribution in [3.05, 3.63) is 0 Å². The number of carbonyl (C=O) groups is 1. The zero-order chi connectivity index (χ0) is 37.5. The van der Waals surface area contributed by atoms with Crippen LogP contribution in [0.1, 0.15) is 251 Å². The Morgan fingerprint density at radius 3 is 0.941 bits per heavy atom. The summed E-state index contributed by atoms with van der Waals surface area (Å²) in [6.45, 7) is 4.06. The molecule has 306 valence electrons. The molecule has 0 spiro atoms. The van der Waals surface area contributed by atoms with E-state index in [4.69, 9.17) is 0 Å². The number of unbranched alkanes of at least 4 members (excludes halogenated alkanes) is 33. The Kier molecular flexibility index (Phi) is 39.9. The largest absolute Gasteiger partial charge is 0.394 e. The molecule has 0 aromatic rings. The van der Waals surface area contributed by atoms with Gasteiger partial charge in [-0.25, -0.2) is 0 Å². The average Bonchev–Trinajstić information content (AvgIpc) is 3.13. The molecule has 6 nitrogen and oxygen atoms in total. The molecule has 51 heavy (non-hydrogen) atoms. The lowest BCUT2D eigenvalue weighted by molar-refractivity contribution is -0.132. The summed E-state index contributed by atoms with van der Waals surface area (Å²) in [5, 5.41) is 43.7. The first-order chi connectivity index (χ1) is 25.0. The van der Waals surface area contributed by atoms with E-state index in [2.05, 4.69) is 19.2 Å². The Morgan fingerprint density at radius 1 is 0.412 bits per heavy atom. The molecule has 0 saturated heterocycles. The van der Waals surface area contributed by atoms with E-state index in [1.165, 1.54) is 186 Å². The van der Waals surface area contributed by atoms with E-state index < -0.39 is 36.9 Å². The summed E-state index contributed by atoms with van der Waals surface area (Å²) in [6, 6.07) is -0.978. The lowest BCUT2D eigenvalue weighted by Gasteiger charge is -2.27. The van der Waals surface area contributed by atoms with Crippen LogP contribution in [0.25, 0.3) is 0 Å². The zero-order valence-corrected chi connectivity index (χ0v) is 34.4. The fourth-order valence-corrected chi connectivity index (χ4v) is 7.41. The molecule has 0 aromatic carbocycles. The van der Waals surface area contributed by atoms with E-state index in [1.807, 2.05) is 0 Å². The van der Waals surface area contributed by atoms with Gasteiger partial charge in [0, 0.05) is 0 Å². The minimum absolute atomic E-state index is 0.376. The Bertz CT molecular complexity index is 692. The van der Waals surface area contributed by atoms with Crippen molar-refractivity contribution in [2.24, 2.45) is 0 Å². The van der Waals surface area contributed by atoms with Crippen LogP contribution in [-0.2, 0) is 4.79 Å². The van der Waals surface area contributed by atoms with Gasteiger partial charge in [0.05, 0.1) is 18.8 Å². The third-order valence-electron chi connectivity index (χ3n) is 11.1. The summed E-state index contributed by atoms with van der Waals surface area (Å²) >= 11 is 0. The van der Waals surface area contributed by atoms with Crippen LogP contribution in [0.5, 0.6) is 0 Å². The summed E-state index contributed by atoms with van der Waals surface area (Å²) in [4.78, 5) is 12.5. The highest BCUT2D eigenvalue weighted by atomic mass is 16.3.